The van der Waals surface area contributed by atoms with Crippen molar-refractivity contribution in [1.82, 2.24) is 44.9 Å². The molecule has 0 N–H and O–H groups in total. The molecule has 9 heteroatoms. The molecule has 21 aromatic rings. The summed E-state index contributed by atoms with van der Waals surface area (Å²) in [6.07, 6.45) is 9.15. The van der Waals surface area contributed by atoms with Crippen LogP contribution < -0.4 is 0 Å². The Morgan fingerprint density at radius 2 is 0.407 bits per heavy atom. The molecule has 0 aliphatic rings. The smallest absolute Gasteiger partial charge is 0.0982 e. The lowest BCUT2D eigenvalue weighted by molar-refractivity contribution is 1.28. The van der Waals surface area contributed by atoms with Gasteiger partial charge in [0.15, 0.2) is 0 Å². The molecule has 0 bridgehead atoms. The van der Waals surface area contributed by atoms with Crippen LogP contribution in [0.1, 0.15) is 16.7 Å². The van der Waals surface area contributed by atoms with E-state index in [1.807, 2.05) is 116 Å². The number of benzene rings is 15. The number of nitrogens with zero attached hydrogens (tertiary/aromatic N) is 9. The van der Waals surface area contributed by atoms with Gasteiger partial charge in [-0.2, -0.15) is 0 Å². The fourth-order valence-corrected chi connectivity index (χ4v) is 16.5. The lowest BCUT2D eigenvalue weighted by Gasteiger charge is -2.18. The molecule has 0 saturated carbocycles. The number of fused-ring (bicyclic) bond motifs is 3. The summed E-state index contributed by atoms with van der Waals surface area (Å²) in [5, 5.41) is 0. The molecule has 0 unspecified atom stereocenters. The zero-order valence-corrected chi connectivity index (χ0v) is 68.1. The molecular formula is C114H81N9. The van der Waals surface area contributed by atoms with Gasteiger partial charge in [-0.15, -0.1) is 0 Å². The Bertz CT molecular complexity index is 6550. The minimum atomic E-state index is 0.858. The highest BCUT2D eigenvalue weighted by atomic mass is 14.9. The van der Waals surface area contributed by atoms with Crippen molar-refractivity contribution in [3.63, 3.8) is 0 Å². The highest BCUT2D eigenvalue weighted by Crippen LogP contribution is 2.46. The van der Waals surface area contributed by atoms with E-state index < -0.39 is 0 Å². The predicted molar refractivity (Wildman–Crippen MR) is 508 cm³/mol. The Labute approximate surface area is 716 Å². The van der Waals surface area contributed by atoms with E-state index in [1.54, 1.807) is 6.20 Å². The topological polar surface area (TPSA) is 116 Å². The molecule has 15 aromatic carbocycles. The normalized spacial score (nSPS) is 11.0. The molecule has 123 heavy (non-hydrogen) atoms. The Morgan fingerprint density at radius 3 is 0.699 bits per heavy atom. The van der Waals surface area contributed by atoms with Gasteiger partial charge in [0.05, 0.1) is 73.0 Å². The summed E-state index contributed by atoms with van der Waals surface area (Å²) in [5.41, 5.74) is 40.1. The van der Waals surface area contributed by atoms with Crippen LogP contribution in [0.2, 0.25) is 0 Å². The van der Waals surface area contributed by atoms with E-state index in [1.165, 1.54) is 16.7 Å². The fourth-order valence-electron chi connectivity index (χ4n) is 16.5. The lowest BCUT2D eigenvalue weighted by atomic mass is 9.92. The number of hydrogen-bond donors (Lipinski definition) is 0. The van der Waals surface area contributed by atoms with Crippen LogP contribution in [-0.4, -0.2) is 44.9 Å². The highest BCUT2D eigenvalue weighted by molar-refractivity contribution is 6.08. The zero-order chi connectivity index (χ0) is 82.8. The van der Waals surface area contributed by atoms with Crippen LogP contribution in [-0.2, 0) is 0 Å². The molecule has 9 nitrogen and oxygen atoms in total. The van der Waals surface area contributed by atoms with E-state index in [9.17, 15) is 0 Å². The molecule has 0 saturated heterocycles. The standard InChI is InChI=1S/3C38H27N3/c1-26-25-32(27-13-5-2-6-14-27)37-38(34(26)29-15-7-3-8-16-29)41-35(30-17-9-4-10-18-30)36(40-37)31-22-20-28(21-23-31)33-19-11-12-24-39-33;1-26-24-33(28-12-5-2-6-13-28)37-38(34(26)29-14-7-3-8-15-29)41-35(30-16-9-4-10-17-30)36(40-37)31-21-19-27(20-22-31)32-18-11-23-39-25-32;1-26-25-33(29-11-5-2-6-12-29)37-38(34(26)30-13-7-3-8-14-30)41-35(31-15-9-4-10-16-31)36(40-37)32-19-17-27(18-20-32)28-21-23-39-24-22-28/h3*2-25H,1H3. The number of rotatable bonds is 15. The minimum Gasteiger partial charge on any atom is -0.265 e. The first kappa shape index (κ1) is 76.7. The Hall–Kier alpha value is -16.2. The van der Waals surface area contributed by atoms with Crippen molar-refractivity contribution in [2.24, 2.45) is 0 Å². The first-order chi connectivity index (χ1) is 60.8. The van der Waals surface area contributed by atoms with Gasteiger partial charge in [0.1, 0.15) is 0 Å². The molecule has 6 aromatic heterocycles. The first-order valence-corrected chi connectivity index (χ1v) is 41.4. The lowest BCUT2D eigenvalue weighted by Crippen LogP contribution is -2.00. The Balaban J connectivity index is 0.000000121. The molecule has 6 heterocycles. The first-order valence-electron chi connectivity index (χ1n) is 41.4. The van der Waals surface area contributed by atoms with Crippen molar-refractivity contribution < 1.29 is 0 Å². The van der Waals surface area contributed by atoms with Gasteiger partial charge in [0.25, 0.3) is 0 Å². The van der Waals surface area contributed by atoms with Crippen molar-refractivity contribution in [2.75, 3.05) is 0 Å². The van der Waals surface area contributed by atoms with Gasteiger partial charge in [-0.1, -0.05) is 358 Å². The molecular weight excluding hydrogens is 1500 g/mol. The summed E-state index contributed by atoms with van der Waals surface area (Å²) in [7, 11) is 0. The van der Waals surface area contributed by atoms with E-state index in [0.29, 0.717) is 0 Å². The van der Waals surface area contributed by atoms with Crippen molar-refractivity contribution in [3.8, 4) is 168 Å². The molecule has 0 aliphatic carbocycles. The second-order valence-electron chi connectivity index (χ2n) is 30.4. The van der Waals surface area contributed by atoms with Gasteiger partial charge in [-0.25, -0.2) is 29.9 Å². The predicted octanol–water partition coefficient (Wildman–Crippen LogP) is 29.0. The molecule has 582 valence electrons. The maximum atomic E-state index is 5.46. The summed E-state index contributed by atoms with van der Waals surface area (Å²) >= 11 is 0. The third-order valence-electron chi connectivity index (χ3n) is 22.5. The van der Waals surface area contributed by atoms with Crippen molar-refractivity contribution in [2.45, 2.75) is 20.8 Å². The van der Waals surface area contributed by atoms with E-state index in [-0.39, 0.29) is 0 Å². The second kappa shape index (κ2) is 35.1. The van der Waals surface area contributed by atoms with E-state index in [0.717, 1.165) is 201 Å². The van der Waals surface area contributed by atoms with Crippen LogP contribution in [0.4, 0.5) is 0 Å². The molecule has 0 aliphatic heterocycles. The fraction of sp³-hybridized carbons (Fsp3) is 0.0263. The van der Waals surface area contributed by atoms with Crippen LogP contribution in [0.25, 0.3) is 201 Å². The van der Waals surface area contributed by atoms with Gasteiger partial charge >= 0.3 is 0 Å². The van der Waals surface area contributed by atoms with Crippen LogP contribution >= 0.6 is 0 Å². The van der Waals surface area contributed by atoms with E-state index in [4.69, 9.17) is 29.9 Å². The zero-order valence-electron chi connectivity index (χ0n) is 68.1. The minimum absolute atomic E-state index is 0.858. The maximum Gasteiger partial charge on any atom is 0.0982 e. The highest BCUT2D eigenvalue weighted by Gasteiger charge is 2.26. The van der Waals surface area contributed by atoms with Crippen LogP contribution in [0.15, 0.2) is 437 Å². The summed E-state index contributed by atoms with van der Waals surface area (Å²) in [6, 6.07) is 141. The molecule has 0 spiro atoms. The quantitative estimate of drug-likeness (QED) is 0.0989. The van der Waals surface area contributed by atoms with Gasteiger partial charge in [0, 0.05) is 103 Å². The average molecular weight is 1580 g/mol. The van der Waals surface area contributed by atoms with Crippen molar-refractivity contribution in [3.05, 3.63) is 454 Å². The third kappa shape index (κ3) is 16.1. The number of aromatic nitrogens is 9. The van der Waals surface area contributed by atoms with E-state index in [2.05, 4.69) is 351 Å². The summed E-state index contributed by atoms with van der Waals surface area (Å²) < 4.78 is 0. The second-order valence-corrected chi connectivity index (χ2v) is 30.4. The Morgan fingerprint density at radius 1 is 0.163 bits per heavy atom. The maximum absolute atomic E-state index is 5.46. The number of aryl methyl sites for hydroxylation is 3. The molecule has 0 atom stereocenters. The number of pyridine rings is 3. The van der Waals surface area contributed by atoms with E-state index >= 15 is 0 Å². The molecule has 0 fully saturated rings. The van der Waals surface area contributed by atoms with Gasteiger partial charge in [-0.05, 0) is 142 Å². The van der Waals surface area contributed by atoms with Gasteiger partial charge in [-0.3, -0.25) is 15.0 Å². The largest absolute Gasteiger partial charge is 0.265 e. The van der Waals surface area contributed by atoms with Gasteiger partial charge in [0.2, 0.25) is 0 Å². The molecule has 0 amide bonds. The third-order valence-corrected chi connectivity index (χ3v) is 22.5. The van der Waals surface area contributed by atoms with Crippen molar-refractivity contribution in [1.29, 1.82) is 0 Å². The van der Waals surface area contributed by atoms with Crippen LogP contribution in [0.3, 0.4) is 0 Å². The summed E-state index contributed by atoms with van der Waals surface area (Å²) in [6.45, 7) is 6.51. The average Bonchev–Trinajstić information content (AvgIpc) is 0.749. The summed E-state index contributed by atoms with van der Waals surface area (Å²) in [5.74, 6) is 0. The molecule has 21 rings (SSSR count). The summed E-state index contributed by atoms with van der Waals surface area (Å²) in [4.78, 5) is 45.7. The van der Waals surface area contributed by atoms with Crippen molar-refractivity contribution >= 4 is 33.1 Å². The van der Waals surface area contributed by atoms with Crippen LogP contribution in [0.5, 0.6) is 0 Å². The van der Waals surface area contributed by atoms with Gasteiger partial charge < -0.3 is 0 Å². The Kier molecular flexibility index (Phi) is 21.9. The monoisotopic (exact) mass is 1580 g/mol. The SMILES string of the molecule is Cc1cc(-c2ccccc2)c2nc(-c3ccc(-c4ccccn4)cc3)c(-c3ccccc3)nc2c1-c1ccccc1.Cc1cc(-c2ccccc2)c2nc(-c3ccc(-c4cccnc4)cc3)c(-c3ccccc3)nc2c1-c1ccccc1.Cc1cc(-c2ccccc2)c2nc(-c3ccc(-c4ccncc4)cc3)c(-c3ccccc3)nc2c1-c1ccccc1. The molecule has 0 radical (unpaired) electrons. The van der Waals surface area contributed by atoms with Crippen LogP contribution in [0, 0.1) is 20.8 Å². The number of hydrogen-bond acceptors (Lipinski definition) is 9.